The Balaban J connectivity index is 0.822. The largest absolute Gasteiger partial charge is 0.459 e. The van der Waals surface area contributed by atoms with Gasteiger partial charge in [-0.2, -0.15) is 0 Å². The van der Waals surface area contributed by atoms with Crippen LogP contribution in [0.4, 0.5) is 0 Å². The Morgan fingerprint density at radius 1 is 0.228 bits per heavy atom. The lowest BCUT2D eigenvalue weighted by Gasteiger charge is -2.52. The summed E-state index contributed by atoms with van der Waals surface area (Å²) in [7, 11) is 0. The highest BCUT2D eigenvalue weighted by molar-refractivity contribution is 5.92. The van der Waals surface area contributed by atoms with Gasteiger partial charge in [0.05, 0.1) is 112 Å². The third-order valence-corrected chi connectivity index (χ3v) is 26.3. The Labute approximate surface area is 865 Å². The van der Waals surface area contributed by atoms with Crippen molar-refractivity contribution in [2.75, 3.05) is 19.8 Å². The van der Waals surface area contributed by atoms with E-state index in [2.05, 4.69) is 0 Å². The molecule has 772 valence electrons. The van der Waals surface area contributed by atoms with Crippen molar-refractivity contribution in [2.24, 2.45) is 0 Å². The molecule has 5 heterocycles. The van der Waals surface area contributed by atoms with Crippen LogP contribution in [0.15, 0.2) is 394 Å². The molecule has 13 aromatic rings. The minimum absolute atomic E-state index is 0.000203. The second-order valence-corrected chi connectivity index (χ2v) is 36.8. The highest BCUT2D eigenvalue weighted by Gasteiger charge is 2.62. The van der Waals surface area contributed by atoms with Crippen molar-refractivity contribution in [2.45, 2.75) is 221 Å². The zero-order valence-electron chi connectivity index (χ0n) is 82.3. The summed E-state index contributed by atoms with van der Waals surface area (Å²) >= 11 is 0. The van der Waals surface area contributed by atoms with E-state index in [1.165, 1.54) is 60.7 Å². The maximum Gasteiger partial charge on any atom is 0.338 e. The van der Waals surface area contributed by atoms with Gasteiger partial charge in [0.2, 0.25) is 0 Å². The summed E-state index contributed by atoms with van der Waals surface area (Å²) in [5, 5.41) is 12.8. The zero-order chi connectivity index (χ0) is 102. The van der Waals surface area contributed by atoms with E-state index >= 15 is 14.4 Å². The number of carbonyl (C=O) groups is 5. The summed E-state index contributed by atoms with van der Waals surface area (Å²) < 4.78 is 159. The molecule has 0 unspecified atom stereocenters. The van der Waals surface area contributed by atoms with E-state index in [-0.39, 0.29) is 100 Å². The smallest absolute Gasteiger partial charge is 0.338 e. The molecule has 5 aliphatic rings. The predicted octanol–water partition coefficient (Wildman–Crippen LogP) is 18.3. The summed E-state index contributed by atoms with van der Waals surface area (Å²) in [6.07, 6.45) is -37.0. The first-order chi connectivity index (χ1) is 73.2. The molecule has 0 bridgehead atoms. The molecule has 24 atom stereocenters. The fraction of sp³-hybridized carbons (Fsp3) is 0.314. The molecule has 5 aliphatic heterocycles. The number of aliphatic hydroxyl groups excluding tert-OH is 1. The molecule has 5 fully saturated rings. The van der Waals surface area contributed by atoms with Crippen LogP contribution in [-0.2, 0) is 157 Å². The van der Waals surface area contributed by atoms with Crippen LogP contribution in [0.25, 0.3) is 0 Å². The molecule has 28 heteroatoms. The Morgan fingerprint density at radius 2 is 0.497 bits per heavy atom. The quantitative estimate of drug-likeness (QED) is 0.0274. The van der Waals surface area contributed by atoms with Crippen LogP contribution >= 0.6 is 0 Å². The molecule has 0 aromatic heterocycles. The average molecular weight is 2020 g/mol. The van der Waals surface area contributed by atoms with Crippen molar-refractivity contribution in [3.8, 4) is 0 Å². The molecule has 149 heavy (non-hydrogen) atoms. The monoisotopic (exact) mass is 2020 g/mol. The van der Waals surface area contributed by atoms with Gasteiger partial charge in [-0.25, -0.2) is 24.0 Å². The third kappa shape index (κ3) is 29.0. The number of esters is 5. The van der Waals surface area contributed by atoms with E-state index in [0.29, 0.717) is 0 Å². The molecule has 13 aromatic carbocycles. The van der Waals surface area contributed by atoms with Gasteiger partial charge in [0.1, 0.15) is 79.9 Å². The summed E-state index contributed by atoms with van der Waals surface area (Å²) in [4.78, 5) is 76.1. The van der Waals surface area contributed by atoms with E-state index in [0.717, 1.165) is 44.5 Å². The Kier molecular flexibility index (Phi) is 37.9. The van der Waals surface area contributed by atoms with Gasteiger partial charge in [0.15, 0.2) is 55.9 Å². The van der Waals surface area contributed by atoms with Crippen LogP contribution < -0.4 is 0 Å². The van der Waals surface area contributed by atoms with Gasteiger partial charge in [-0.15, -0.1) is 0 Å². The number of hydrogen-bond donors (Lipinski definition) is 1. The lowest BCUT2D eigenvalue weighted by molar-refractivity contribution is -0.411. The average Bonchev–Trinajstić information content (AvgIpc) is 0.745. The molecule has 0 saturated carbocycles. The molecular weight excluding hydrogens is 1900 g/mol. The van der Waals surface area contributed by atoms with Crippen molar-refractivity contribution in [3.63, 3.8) is 0 Å². The number of ether oxygens (including phenoxy) is 22. The van der Waals surface area contributed by atoms with Gasteiger partial charge in [0, 0.05) is 6.42 Å². The van der Waals surface area contributed by atoms with E-state index in [4.69, 9.17) is 104 Å². The van der Waals surface area contributed by atoms with Gasteiger partial charge in [-0.05, 0) is 119 Å². The summed E-state index contributed by atoms with van der Waals surface area (Å²) in [5.41, 5.74) is 6.67. The minimum Gasteiger partial charge on any atom is -0.459 e. The summed E-state index contributed by atoms with van der Waals surface area (Å²) in [5.74, 6) is -4.89. The summed E-state index contributed by atoms with van der Waals surface area (Å²) in [6.45, 7) is 2.69. The number of carbonyl (C=O) groups excluding carboxylic acids is 5. The molecule has 5 saturated heterocycles. The normalized spacial score (nSPS) is 26.3. The highest BCUT2D eigenvalue weighted by atomic mass is 16.8. The molecule has 28 nitrogen and oxygen atoms in total. The zero-order valence-corrected chi connectivity index (χ0v) is 82.3. The van der Waals surface area contributed by atoms with E-state index in [1.54, 1.807) is 97.9 Å². The second kappa shape index (κ2) is 53.6. The molecule has 1 N–H and O–H groups in total. The van der Waals surface area contributed by atoms with E-state index in [1.807, 2.05) is 250 Å². The second-order valence-electron chi connectivity index (χ2n) is 36.8. The van der Waals surface area contributed by atoms with Crippen molar-refractivity contribution in [3.05, 3.63) is 467 Å². The van der Waals surface area contributed by atoms with Crippen molar-refractivity contribution in [1.82, 2.24) is 0 Å². The van der Waals surface area contributed by atoms with Crippen LogP contribution in [0.3, 0.4) is 0 Å². The van der Waals surface area contributed by atoms with Gasteiger partial charge in [-0.1, -0.05) is 334 Å². The Hall–Kier alpha value is -13.5. The molecular formula is C121H120O28. The van der Waals surface area contributed by atoms with Crippen molar-refractivity contribution in [1.29, 1.82) is 0 Å². The summed E-state index contributed by atoms with van der Waals surface area (Å²) in [6, 6.07) is 117. The van der Waals surface area contributed by atoms with Crippen LogP contribution in [0.2, 0.25) is 0 Å². The molecule has 0 radical (unpaired) electrons. The fourth-order valence-corrected chi connectivity index (χ4v) is 18.5. The highest BCUT2D eigenvalue weighted by Crippen LogP contribution is 2.44. The van der Waals surface area contributed by atoms with E-state index < -0.39 is 184 Å². The topological polar surface area (TPSA) is 309 Å². The molecule has 0 amide bonds. The maximum atomic E-state index is 16.0. The Bertz CT molecular complexity index is 6220. The predicted molar refractivity (Wildman–Crippen MR) is 543 cm³/mol. The number of benzene rings is 13. The van der Waals surface area contributed by atoms with Crippen LogP contribution in [0.1, 0.15) is 117 Å². The lowest BCUT2D eigenvalue weighted by atomic mass is 9.94. The number of hydrogen-bond acceptors (Lipinski definition) is 28. The van der Waals surface area contributed by atoms with E-state index in [9.17, 15) is 14.7 Å². The standard InChI is InChI=1S/C121H120O28/c1-80-95(130-71-84-46-20-5-21-47-84)68-96(131-72-85-48-22-6-23-49-85)118(137-80)147-106-102(133-74-87-52-26-8-27-53-87)98(78-129-70-83-44-18-4-19-45-83)141-121(111(106)149-119-109(135-76-89-56-30-10-31-57-89)104(134-75-88-54-28-9-29-55-88)101(132-73-86-50-24-7-25-51-86)97(140-119)77-128-69-82-42-16-3-17-43-82)146-100-81(2)138-120(110(145-116(126)94-66-40-15-41-67-94)105(100)143-114(124)92-62-36-13-37-63-92)148-107-103(142-113(123)91-60-34-12-35-61-91)99(79-136-112(122)90-58-32-11-33-59-90)139-117(127)108(107)144-115(125)93-64-38-14-39-65-93/h3-67,80-81,95-111,117-121,127H,68-79H2,1-2H3/t80-,81+,95-,96-,97-,98-,99-,100+,101+,102-,103+,104+,105-,106+,107+,108+,109-,110-,111+,117-,118-,119-,120+,121-/m1/s1. The fourth-order valence-electron chi connectivity index (χ4n) is 18.5. The lowest BCUT2D eigenvalue weighted by Crippen LogP contribution is -2.69. The number of rotatable bonds is 45. The third-order valence-electron chi connectivity index (χ3n) is 26.3. The van der Waals surface area contributed by atoms with Crippen LogP contribution in [0.5, 0.6) is 0 Å². The molecule has 18 rings (SSSR count). The minimum atomic E-state index is -2.22. The first kappa shape index (κ1) is 105. The molecule has 0 aliphatic carbocycles. The SMILES string of the molecule is C[C@@H]1O[C@@H](O[C@H]2[C@@H](OC(=O)c3ccccc3)[C@@H](COC(=O)c3ccccc3)O[C@@H](O)[C@H]2OC(=O)c2ccccc2)[C@H](OC(=O)c2ccccc2)[C@H](OC(=O)c2ccccc2)[C@H]1O[C@H]1O[C@H](COCc2ccccc2)[C@@H](OCc2ccccc2)[C@H](O[C@H]2O[C@H](C)[C@H](OCc3ccccc3)C[C@H]2OCc2ccccc2)[C@@H]1O[C@H]1O[C@H](COCc2ccccc2)[C@H](OCc2ccccc2)[C@H](OCc2ccccc2)[C@H]1OCc1ccccc1. The van der Waals surface area contributed by atoms with Gasteiger partial charge in [0.25, 0.3) is 0 Å². The Morgan fingerprint density at radius 3 is 0.893 bits per heavy atom. The van der Waals surface area contributed by atoms with Gasteiger partial charge >= 0.3 is 29.8 Å². The van der Waals surface area contributed by atoms with Crippen LogP contribution in [-0.4, -0.2) is 202 Å². The van der Waals surface area contributed by atoms with Gasteiger partial charge < -0.3 is 109 Å². The first-order valence-electron chi connectivity index (χ1n) is 50.2. The van der Waals surface area contributed by atoms with Crippen molar-refractivity contribution < 1.29 is 133 Å². The van der Waals surface area contributed by atoms with Crippen molar-refractivity contribution >= 4 is 29.8 Å². The van der Waals surface area contributed by atoms with Crippen LogP contribution in [0, 0.1) is 0 Å². The van der Waals surface area contributed by atoms with Gasteiger partial charge in [-0.3, -0.25) is 0 Å². The maximum absolute atomic E-state index is 16.0. The molecule has 0 spiro atoms. The number of aliphatic hydroxyl groups is 1. The first-order valence-corrected chi connectivity index (χ1v) is 50.2.